The predicted octanol–water partition coefficient (Wildman–Crippen LogP) is 3.49. The van der Waals surface area contributed by atoms with Crippen molar-refractivity contribution in [1.82, 2.24) is 4.40 Å². The highest BCUT2D eigenvalue weighted by Crippen LogP contribution is 2.18. The van der Waals surface area contributed by atoms with E-state index in [0.29, 0.717) is 22.3 Å². The molecule has 0 spiro atoms. The van der Waals surface area contributed by atoms with Crippen molar-refractivity contribution < 1.29 is 18.7 Å². The second-order valence-electron chi connectivity index (χ2n) is 4.99. The van der Waals surface area contributed by atoms with Gasteiger partial charge in [-0.1, -0.05) is 0 Å². The van der Waals surface area contributed by atoms with Crippen LogP contribution in [0.15, 0.2) is 54.7 Å². The summed E-state index contributed by atoms with van der Waals surface area (Å²) in [5.74, 6) is -1.19. The summed E-state index contributed by atoms with van der Waals surface area (Å²) in [5.41, 5.74) is 1.69. The topological polar surface area (TPSA) is 47.8 Å². The first-order valence-corrected chi connectivity index (χ1v) is 7.18. The molecule has 0 bridgehead atoms. The van der Waals surface area contributed by atoms with Gasteiger partial charge >= 0.3 is 5.97 Å². The largest absolute Gasteiger partial charge is 0.462 e. The second kappa shape index (κ2) is 6.04. The van der Waals surface area contributed by atoms with Gasteiger partial charge in [0.25, 0.3) is 0 Å². The van der Waals surface area contributed by atoms with Gasteiger partial charge in [-0.2, -0.15) is 0 Å². The first-order chi connectivity index (χ1) is 11.1. The summed E-state index contributed by atoms with van der Waals surface area (Å²) in [4.78, 5) is 24.7. The molecule has 116 valence electrons. The lowest BCUT2D eigenvalue weighted by Crippen LogP contribution is -2.11. The number of fused-ring (bicyclic) bond motifs is 1. The predicted molar refractivity (Wildman–Crippen MR) is 83.2 cm³/mol. The maximum Gasteiger partial charge on any atom is 0.338 e. The lowest BCUT2D eigenvalue weighted by molar-refractivity contribution is 0.0526. The molecule has 3 rings (SSSR count). The molecule has 0 saturated carbocycles. The van der Waals surface area contributed by atoms with Crippen LogP contribution in [-0.4, -0.2) is 22.8 Å². The van der Waals surface area contributed by atoms with Crippen molar-refractivity contribution in [2.45, 2.75) is 6.92 Å². The van der Waals surface area contributed by atoms with E-state index >= 15 is 0 Å². The molecule has 0 saturated heterocycles. The van der Waals surface area contributed by atoms with E-state index in [4.69, 9.17) is 4.74 Å². The van der Waals surface area contributed by atoms with Crippen molar-refractivity contribution in [2.24, 2.45) is 0 Å². The monoisotopic (exact) mass is 311 g/mol. The molecule has 1 aromatic carbocycles. The Hall–Kier alpha value is -2.95. The highest BCUT2D eigenvalue weighted by atomic mass is 19.1. The number of benzene rings is 1. The molecule has 0 unspecified atom stereocenters. The smallest absolute Gasteiger partial charge is 0.338 e. The van der Waals surface area contributed by atoms with Gasteiger partial charge in [0, 0.05) is 17.3 Å². The van der Waals surface area contributed by atoms with Gasteiger partial charge in [0.15, 0.2) is 0 Å². The Morgan fingerprint density at radius 3 is 2.52 bits per heavy atom. The number of carbonyl (C=O) groups excluding carboxylic acids is 2. The molecular weight excluding hydrogens is 297 g/mol. The van der Waals surface area contributed by atoms with Gasteiger partial charge in [0.2, 0.25) is 5.78 Å². The third-order valence-electron chi connectivity index (χ3n) is 3.49. The van der Waals surface area contributed by atoms with Crippen LogP contribution in [0.2, 0.25) is 0 Å². The van der Waals surface area contributed by atoms with Crippen LogP contribution in [0.5, 0.6) is 0 Å². The second-order valence-corrected chi connectivity index (χ2v) is 4.99. The fourth-order valence-electron chi connectivity index (χ4n) is 2.41. The van der Waals surface area contributed by atoms with Gasteiger partial charge in [0.05, 0.1) is 17.9 Å². The van der Waals surface area contributed by atoms with Crippen molar-refractivity contribution in [3.63, 3.8) is 0 Å². The zero-order valence-corrected chi connectivity index (χ0v) is 12.5. The average Bonchev–Trinajstić information content (AvgIpc) is 3.02. The fourth-order valence-corrected chi connectivity index (χ4v) is 2.41. The molecule has 0 aliphatic rings. The number of ether oxygens (including phenoxy) is 1. The molecule has 2 aromatic heterocycles. The Bertz CT molecular complexity index is 881. The van der Waals surface area contributed by atoms with E-state index in [0.717, 1.165) is 0 Å². The van der Waals surface area contributed by atoms with E-state index in [1.807, 2.05) is 0 Å². The average molecular weight is 311 g/mol. The zero-order chi connectivity index (χ0) is 16.4. The van der Waals surface area contributed by atoms with E-state index in [1.165, 1.54) is 30.3 Å². The molecule has 5 heteroatoms. The van der Waals surface area contributed by atoms with Crippen LogP contribution in [0, 0.1) is 5.82 Å². The van der Waals surface area contributed by atoms with Crippen LogP contribution in [0.4, 0.5) is 4.39 Å². The summed E-state index contributed by atoms with van der Waals surface area (Å²) in [7, 11) is 0. The summed E-state index contributed by atoms with van der Waals surface area (Å²) < 4.78 is 19.7. The number of ketones is 1. The number of halogens is 1. The molecule has 0 aliphatic carbocycles. The summed E-state index contributed by atoms with van der Waals surface area (Å²) in [6.07, 6.45) is 1.74. The van der Waals surface area contributed by atoms with Crippen LogP contribution < -0.4 is 0 Å². The quantitative estimate of drug-likeness (QED) is 0.547. The third-order valence-corrected chi connectivity index (χ3v) is 3.49. The first-order valence-electron chi connectivity index (χ1n) is 7.18. The molecule has 0 atom stereocenters. The lowest BCUT2D eigenvalue weighted by atomic mass is 10.1. The Balaban J connectivity index is 2.11. The van der Waals surface area contributed by atoms with E-state index in [1.54, 1.807) is 35.7 Å². The lowest BCUT2D eigenvalue weighted by Gasteiger charge is -2.09. The molecule has 0 N–H and O–H groups in total. The summed E-state index contributed by atoms with van der Waals surface area (Å²) in [6.45, 7) is 1.98. The van der Waals surface area contributed by atoms with Crippen molar-refractivity contribution >= 4 is 17.3 Å². The Labute approximate surface area is 132 Å². The minimum Gasteiger partial charge on any atom is -0.462 e. The fraction of sp³-hybridized carbons (Fsp3) is 0.111. The SMILES string of the molecule is CCOC(=O)c1cc(C(=O)c2ccc(F)cc2)n2cccc2c1. The van der Waals surface area contributed by atoms with E-state index in [9.17, 15) is 14.0 Å². The molecule has 0 fully saturated rings. The number of hydrogen-bond acceptors (Lipinski definition) is 3. The number of carbonyl (C=O) groups is 2. The van der Waals surface area contributed by atoms with Crippen LogP contribution >= 0.6 is 0 Å². The number of nitrogens with zero attached hydrogens (tertiary/aromatic N) is 1. The van der Waals surface area contributed by atoms with Crippen LogP contribution in [0.3, 0.4) is 0 Å². The minimum absolute atomic E-state index is 0.256. The molecule has 0 radical (unpaired) electrons. The third kappa shape index (κ3) is 2.85. The van der Waals surface area contributed by atoms with E-state index in [2.05, 4.69) is 0 Å². The highest BCUT2D eigenvalue weighted by molar-refractivity contribution is 6.09. The standard InChI is InChI=1S/C18H14FNO3/c1-2-23-18(22)13-10-15-4-3-9-20(15)16(11-13)17(21)12-5-7-14(19)8-6-12/h3-11H,2H2,1H3. The van der Waals surface area contributed by atoms with E-state index in [-0.39, 0.29) is 12.4 Å². The summed E-state index contributed by atoms with van der Waals surface area (Å²) >= 11 is 0. The van der Waals surface area contributed by atoms with Gasteiger partial charge in [0.1, 0.15) is 5.82 Å². The van der Waals surface area contributed by atoms with Gasteiger partial charge < -0.3 is 9.14 Å². The molecule has 0 aliphatic heterocycles. The molecule has 3 aromatic rings. The molecule has 0 amide bonds. The molecule has 4 nitrogen and oxygen atoms in total. The Morgan fingerprint density at radius 1 is 1.09 bits per heavy atom. The van der Waals surface area contributed by atoms with Crippen molar-refractivity contribution in [3.8, 4) is 0 Å². The van der Waals surface area contributed by atoms with Crippen molar-refractivity contribution in [2.75, 3.05) is 6.61 Å². The maximum absolute atomic E-state index is 13.0. The Kier molecular flexibility index (Phi) is 3.93. The van der Waals surface area contributed by atoms with Crippen molar-refractivity contribution in [1.29, 1.82) is 0 Å². The molecular formula is C18H14FNO3. The first kappa shape index (κ1) is 15.0. The Morgan fingerprint density at radius 2 is 1.83 bits per heavy atom. The number of pyridine rings is 1. The summed E-state index contributed by atoms with van der Waals surface area (Å²) in [6, 6.07) is 12.0. The van der Waals surface area contributed by atoms with Crippen LogP contribution in [-0.2, 0) is 4.74 Å². The normalized spacial score (nSPS) is 10.7. The molecule has 2 heterocycles. The van der Waals surface area contributed by atoms with Gasteiger partial charge in [-0.25, -0.2) is 9.18 Å². The van der Waals surface area contributed by atoms with Crippen molar-refractivity contribution in [3.05, 3.63) is 77.4 Å². The van der Waals surface area contributed by atoms with Crippen LogP contribution in [0.1, 0.15) is 33.3 Å². The summed E-state index contributed by atoms with van der Waals surface area (Å²) in [5, 5.41) is 0. The number of rotatable bonds is 4. The zero-order valence-electron chi connectivity index (χ0n) is 12.5. The van der Waals surface area contributed by atoms with Gasteiger partial charge in [-0.3, -0.25) is 4.79 Å². The number of aromatic nitrogens is 1. The van der Waals surface area contributed by atoms with Crippen LogP contribution in [0.25, 0.3) is 5.52 Å². The maximum atomic E-state index is 13.0. The molecule has 23 heavy (non-hydrogen) atoms. The minimum atomic E-state index is -0.482. The number of hydrogen-bond donors (Lipinski definition) is 0. The number of esters is 1. The van der Waals surface area contributed by atoms with Gasteiger partial charge in [-0.05, 0) is 55.5 Å². The van der Waals surface area contributed by atoms with Gasteiger partial charge in [-0.15, -0.1) is 0 Å². The van der Waals surface area contributed by atoms with E-state index < -0.39 is 11.8 Å². The highest BCUT2D eigenvalue weighted by Gasteiger charge is 2.17.